The summed E-state index contributed by atoms with van der Waals surface area (Å²) in [6, 6.07) is 13.9. The van der Waals surface area contributed by atoms with Gasteiger partial charge in [0.05, 0.1) is 18.7 Å². The summed E-state index contributed by atoms with van der Waals surface area (Å²) in [6.07, 6.45) is 0. The fourth-order valence-electron chi connectivity index (χ4n) is 2.73. The lowest BCUT2D eigenvalue weighted by Gasteiger charge is -2.15. The molecule has 0 saturated heterocycles. The van der Waals surface area contributed by atoms with Crippen LogP contribution in [0.3, 0.4) is 0 Å². The Bertz CT molecular complexity index is 946. The second-order valence-corrected chi connectivity index (χ2v) is 5.97. The van der Waals surface area contributed by atoms with E-state index in [9.17, 15) is 9.59 Å². The van der Waals surface area contributed by atoms with Crippen LogP contribution in [0.4, 0.5) is 0 Å². The second-order valence-electron chi connectivity index (χ2n) is 5.97. The number of hydrogen-bond donors (Lipinski definition) is 2. The van der Waals surface area contributed by atoms with Crippen LogP contribution in [0.1, 0.15) is 29.1 Å². The van der Waals surface area contributed by atoms with Gasteiger partial charge in [-0.15, -0.1) is 0 Å². The molecule has 3 aromatic rings. The number of amides is 2. The molecule has 0 aliphatic carbocycles. The zero-order valence-corrected chi connectivity index (χ0v) is 15.0. The molecule has 140 valence electrons. The van der Waals surface area contributed by atoms with Gasteiger partial charge in [0.2, 0.25) is 0 Å². The molecule has 2 amide bonds. The van der Waals surface area contributed by atoms with E-state index in [1.54, 1.807) is 12.1 Å². The van der Waals surface area contributed by atoms with Gasteiger partial charge >= 0.3 is 0 Å². The first-order valence-corrected chi connectivity index (χ1v) is 8.37. The van der Waals surface area contributed by atoms with Crippen LogP contribution in [0, 0.1) is 0 Å². The highest BCUT2D eigenvalue weighted by atomic mass is 16.5. The SMILES string of the molecule is COc1cccc(C(N)=O)c1OCC(=O)NC(C)c1cc2ccccc2o1. The highest BCUT2D eigenvalue weighted by Crippen LogP contribution is 2.30. The van der Waals surface area contributed by atoms with E-state index in [2.05, 4.69) is 5.32 Å². The molecule has 3 N–H and O–H groups in total. The largest absolute Gasteiger partial charge is 0.493 e. The molecule has 0 aliphatic heterocycles. The fraction of sp³-hybridized carbons (Fsp3) is 0.200. The molecule has 0 saturated carbocycles. The minimum Gasteiger partial charge on any atom is -0.493 e. The van der Waals surface area contributed by atoms with Gasteiger partial charge in [-0.25, -0.2) is 0 Å². The van der Waals surface area contributed by atoms with Crippen LogP contribution in [0.25, 0.3) is 11.0 Å². The fourth-order valence-corrected chi connectivity index (χ4v) is 2.73. The standard InChI is InChI=1S/C20H20N2O5/c1-12(17-10-13-6-3-4-8-15(13)27-17)22-18(23)11-26-19-14(20(21)24)7-5-9-16(19)25-2/h3-10,12H,11H2,1-2H3,(H2,21,24)(H,22,23). The van der Waals surface area contributed by atoms with Crippen molar-refractivity contribution in [2.45, 2.75) is 13.0 Å². The van der Waals surface area contributed by atoms with Crippen molar-refractivity contribution in [3.05, 3.63) is 59.9 Å². The van der Waals surface area contributed by atoms with Gasteiger partial charge in [-0.3, -0.25) is 9.59 Å². The maximum Gasteiger partial charge on any atom is 0.258 e. The van der Waals surface area contributed by atoms with Crippen LogP contribution in [0.15, 0.2) is 52.9 Å². The Hall–Kier alpha value is -3.48. The van der Waals surface area contributed by atoms with Crippen molar-refractivity contribution < 1.29 is 23.5 Å². The van der Waals surface area contributed by atoms with Crippen molar-refractivity contribution in [3.8, 4) is 11.5 Å². The van der Waals surface area contributed by atoms with Crippen LogP contribution >= 0.6 is 0 Å². The summed E-state index contributed by atoms with van der Waals surface area (Å²) >= 11 is 0. The topological polar surface area (TPSA) is 104 Å². The van der Waals surface area contributed by atoms with Gasteiger partial charge in [0, 0.05) is 5.39 Å². The molecule has 0 radical (unpaired) electrons. The van der Waals surface area contributed by atoms with Gasteiger partial charge in [-0.1, -0.05) is 24.3 Å². The Labute approximate surface area is 156 Å². The normalized spacial score (nSPS) is 11.8. The maximum atomic E-state index is 12.3. The lowest BCUT2D eigenvalue weighted by Crippen LogP contribution is -2.31. The smallest absolute Gasteiger partial charge is 0.258 e. The first kappa shape index (κ1) is 18.3. The number of fused-ring (bicyclic) bond motifs is 1. The molecule has 0 spiro atoms. The number of benzene rings is 2. The summed E-state index contributed by atoms with van der Waals surface area (Å²) in [5.74, 6) is 0.0624. The number of nitrogens with one attached hydrogen (secondary N) is 1. The molecule has 7 heteroatoms. The molecule has 27 heavy (non-hydrogen) atoms. The Morgan fingerprint density at radius 2 is 1.96 bits per heavy atom. The number of furan rings is 1. The van der Waals surface area contributed by atoms with Crippen molar-refractivity contribution in [3.63, 3.8) is 0 Å². The maximum absolute atomic E-state index is 12.3. The molecule has 2 aromatic carbocycles. The van der Waals surface area contributed by atoms with Crippen LogP contribution in [-0.2, 0) is 4.79 Å². The second kappa shape index (κ2) is 7.82. The Morgan fingerprint density at radius 3 is 2.67 bits per heavy atom. The van der Waals surface area contributed by atoms with Gasteiger partial charge in [-0.05, 0) is 31.2 Å². The summed E-state index contributed by atoms with van der Waals surface area (Å²) in [6.45, 7) is 1.51. The van der Waals surface area contributed by atoms with Crippen molar-refractivity contribution in [2.75, 3.05) is 13.7 Å². The number of primary amides is 1. The summed E-state index contributed by atoms with van der Waals surface area (Å²) < 4.78 is 16.4. The number of carbonyl (C=O) groups excluding carboxylic acids is 2. The monoisotopic (exact) mass is 368 g/mol. The quantitative estimate of drug-likeness (QED) is 0.667. The number of ether oxygens (including phenoxy) is 2. The van der Waals surface area contributed by atoms with Crippen LogP contribution < -0.4 is 20.5 Å². The lowest BCUT2D eigenvalue weighted by molar-refractivity contribution is -0.123. The number of para-hydroxylation sites is 2. The van der Waals surface area contributed by atoms with E-state index in [0.29, 0.717) is 11.5 Å². The Balaban J connectivity index is 1.67. The van der Waals surface area contributed by atoms with Crippen LogP contribution in [0.5, 0.6) is 11.5 Å². The van der Waals surface area contributed by atoms with Crippen LogP contribution in [-0.4, -0.2) is 25.5 Å². The van der Waals surface area contributed by atoms with E-state index in [1.807, 2.05) is 37.3 Å². The summed E-state index contributed by atoms with van der Waals surface area (Å²) in [7, 11) is 1.44. The zero-order chi connectivity index (χ0) is 19.4. The van der Waals surface area contributed by atoms with Gasteiger partial charge in [0.25, 0.3) is 11.8 Å². The minimum atomic E-state index is -0.667. The minimum absolute atomic E-state index is 0.138. The van der Waals surface area contributed by atoms with Gasteiger partial charge in [-0.2, -0.15) is 0 Å². The zero-order valence-electron chi connectivity index (χ0n) is 15.0. The van der Waals surface area contributed by atoms with E-state index in [-0.39, 0.29) is 29.9 Å². The molecule has 1 atom stereocenters. The summed E-state index contributed by atoms with van der Waals surface area (Å²) in [4.78, 5) is 23.8. The van der Waals surface area contributed by atoms with Gasteiger partial charge < -0.3 is 24.9 Å². The van der Waals surface area contributed by atoms with Crippen molar-refractivity contribution >= 4 is 22.8 Å². The summed E-state index contributed by atoms with van der Waals surface area (Å²) in [5, 5.41) is 3.76. The lowest BCUT2D eigenvalue weighted by atomic mass is 10.2. The third-order valence-electron chi connectivity index (χ3n) is 4.06. The predicted molar refractivity (Wildman–Crippen MR) is 99.8 cm³/mol. The van der Waals surface area contributed by atoms with Gasteiger partial charge in [0.1, 0.15) is 11.3 Å². The van der Waals surface area contributed by atoms with E-state index in [0.717, 1.165) is 11.0 Å². The number of nitrogens with two attached hydrogens (primary N) is 1. The molecule has 1 heterocycles. The van der Waals surface area contributed by atoms with E-state index in [4.69, 9.17) is 19.6 Å². The molecular weight excluding hydrogens is 348 g/mol. The number of hydrogen-bond acceptors (Lipinski definition) is 5. The average Bonchev–Trinajstić information content (AvgIpc) is 3.10. The van der Waals surface area contributed by atoms with E-state index in [1.165, 1.54) is 13.2 Å². The Kier molecular flexibility index (Phi) is 5.30. The Morgan fingerprint density at radius 1 is 1.19 bits per heavy atom. The van der Waals surface area contributed by atoms with Crippen LogP contribution in [0.2, 0.25) is 0 Å². The molecule has 0 fully saturated rings. The average molecular weight is 368 g/mol. The third-order valence-corrected chi connectivity index (χ3v) is 4.06. The number of methoxy groups -OCH3 is 1. The first-order chi connectivity index (χ1) is 13.0. The summed E-state index contributed by atoms with van der Waals surface area (Å²) in [5.41, 5.74) is 6.25. The van der Waals surface area contributed by atoms with Crippen molar-refractivity contribution in [1.82, 2.24) is 5.32 Å². The molecule has 3 rings (SSSR count). The predicted octanol–water partition coefficient (Wildman–Crippen LogP) is 2.80. The number of carbonyl (C=O) groups is 2. The van der Waals surface area contributed by atoms with E-state index >= 15 is 0 Å². The highest BCUT2D eigenvalue weighted by Gasteiger charge is 2.18. The molecule has 0 aliphatic rings. The molecule has 1 aromatic heterocycles. The van der Waals surface area contributed by atoms with Gasteiger partial charge in [0.15, 0.2) is 18.1 Å². The molecule has 0 bridgehead atoms. The molecular formula is C20H20N2O5. The highest BCUT2D eigenvalue weighted by molar-refractivity contribution is 5.96. The molecule has 7 nitrogen and oxygen atoms in total. The van der Waals surface area contributed by atoms with E-state index < -0.39 is 5.91 Å². The number of rotatable bonds is 7. The van der Waals surface area contributed by atoms with Crippen molar-refractivity contribution in [2.24, 2.45) is 5.73 Å². The molecule has 1 unspecified atom stereocenters. The first-order valence-electron chi connectivity index (χ1n) is 8.37. The third kappa shape index (κ3) is 4.03. The van der Waals surface area contributed by atoms with Crippen molar-refractivity contribution in [1.29, 1.82) is 0 Å².